The molecular weight excluding hydrogens is 320 g/mol. The zero-order valence-corrected chi connectivity index (χ0v) is 13.4. The summed E-state index contributed by atoms with van der Waals surface area (Å²) in [6, 6.07) is 5.60. The third-order valence-corrected chi connectivity index (χ3v) is 4.02. The minimum atomic E-state index is -0.122. The molecule has 1 aromatic rings. The molecule has 1 aliphatic rings. The molecule has 0 saturated carbocycles. The third kappa shape index (κ3) is 3.96. The quantitative estimate of drug-likeness (QED) is 0.916. The van der Waals surface area contributed by atoms with E-state index in [1.54, 1.807) is 0 Å². The van der Waals surface area contributed by atoms with E-state index in [9.17, 15) is 4.79 Å². The summed E-state index contributed by atoms with van der Waals surface area (Å²) in [5, 5.41) is 0. The van der Waals surface area contributed by atoms with Gasteiger partial charge in [-0.15, -0.1) is 0 Å². The van der Waals surface area contributed by atoms with Crippen LogP contribution in [-0.4, -0.2) is 30.5 Å². The number of piperidine rings is 1. The molecule has 0 unspecified atom stereocenters. The van der Waals surface area contributed by atoms with Crippen molar-refractivity contribution in [2.75, 3.05) is 19.7 Å². The minimum absolute atomic E-state index is 0.0558. The average molecular weight is 341 g/mol. The summed E-state index contributed by atoms with van der Waals surface area (Å²) >= 11 is 3.41. The molecule has 1 heterocycles. The molecule has 1 atom stereocenters. The van der Waals surface area contributed by atoms with Crippen LogP contribution in [0.3, 0.4) is 0 Å². The van der Waals surface area contributed by atoms with Gasteiger partial charge in [0.15, 0.2) is 6.61 Å². The molecule has 0 aromatic heterocycles. The Morgan fingerprint density at radius 1 is 1.40 bits per heavy atom. The van der Waals surface area contributed by atoms with E-state index in [4.69, 9.17) is 10.5 Å². The van der Waals surface area contributed by atoms with Gasteiger partial charge in [-0.2, -0.15) is 0 Å². The lowest BCUT2D eigenvalue weighted by Gasteiger charge is -2.26. The maximum atomic E-state index is 12.1. The topological polar surface area (TPSA) is 55.6 Å². The molecule has 1 amide bonds. The lowest BCUT2D eigenvalue weighted by atomic mass is 10.1. The summed E-state index contributed by atoms with van der Waals surface area (Å²) in [4.78, 5) is 14.0. The van der Waals surface area contributed by atoms with Gasteiger partial charge >= 0.3 is 0 Å². The monoisotopic (exact) mass is 340 g/mol. The molecule has 2 N–H and O–H groups in total. The van der Waals surface area contributed by atoms with E-state index in [1.165, 1.54) is 6.42 Å². The summed E-state index contributed by atoms with van der Waals surface area (Å²) in [5.74, 6) is 0.736. The Morgan fingerprint density at radius 3 is 2.75 bits per heavy atom. The number of hydrogen-bond donors (Lipinski definition) is 1. The molecule has 0 radical (unpaired) electrons. The van der Waals surface area contributed by atoms with E-state index >= 15 is 0 Å². The summed E-state index contributed by atoms with van der Waals surface area (Å²) < 4.78 is 6.61. The SMILES string of the molecule is C[C@H](N)c1ccc(Br)cc1OCC(=O)N1CCCCC1. The first-order valence-electron chi connectivity index (χ1n) is 7.03. The summed E-state index contributed by atoms with van der Waals surface area (Å²) in [7, 11) is 0. The molecule has 110 valence electrons. The lowest BCUT2D eigenvalue weighted by Crippen LogP contribution is -2.38. The number of rotatable bonds is 4. The van der Waals surface area contributed by atoms with Gasteiger partial charge in [-0.25, -0.2) is 0 Å². The average Bonchev–Trinajstić information content (AvgIpc) is 2.45. The number of likely N-dealkylation sites (tertiary alicyclic amines) is 1. The van der Waals surface area contributed by atoms with Gasteiger partial charge < -0.3 is 15.4 Å². The van der Waals surface area contributed by atoms with Crippen LogP contribution in [0.2, 0.25) is 0 Å². The van der Waals surface area contributed by atoms with Crippen molar-refractivity contribution in [2.45, 2.75) is 32.2 Å². The van der Waals surface area contributed by atoms with Crippen LogP contribution in [0.4, 0.5) is 0 Å². The standard InChI is InChI=1S/C15H21BrN2O2/c1-11(17)13-6-5-12(16)9-14(13)20-10-15(19)18-7-3-2-4-8-18/h5-6,9,11H,2-4,7-8,10,17H2,1H3/t11-/m0/s1. The summed E-state index contributed by atoms with van der Waals surface area (Å²) in [5.41, 5.74) is 6.84. The van der Waals surface area contributed by atoms with Crippen molar-refractivity contribution in [1.29, 1.82) is 0 Å². The van der Waals surface area contributed by atoms with E-state index in [1.807, 2.05) is 30.0 Å². The van der Waals surface area contributed by atoms with E-state index in [2.05, 4.69) is 15.9 Å². The van der Waals surface area contributed by atoms with Crippen molar-refractivity contribution < 1.29 is 9.53 Å². The summed E-state index contributed by atoms with van der Waals surface area (Å²) in [6.45, 7) is 3.68. The Bertz CT molecular complexity index is 471. The van der Waals surface area contributed by atoms with Crippen LogP contribution in [0.1, 0.15) is 37.8 Å². The van der Waals surface area contributed by atoms with E-state index in [0.29, 0.717) is 5.75 Å². The highest BCUT2D eigenvalue weighted by molar-refractivity contribution is 9.10. The Labute approximate surface area is 128 Å². The zero-order chi connectivity index (χ0) is 14.5. The van der Waals surface area contributed by atoms with Gasteiger partial charge in [-0.1, -0.05) is 22.0 Å². The van der Waals surface area contributed by atoms with Crippen LogP contribution in [0, 0.1) is 0 Å². The molecule has 0 aliphatic carbocycles. The smallest absolute Gasteiger partial charge is 0.260 e. The van der Waals surface area contributed by atoms with Gasteiger partial charge in [-0.05, 0) is 38.3 Å². The largest absolute Gasteiger partial charge is 0.483 e. The fraction of sp³-hybridized carbons (Fsp3) is 0.533. The Hall–Kier alpha value is -1.07. The van der Waals surface area contributed by atoms with Gasteiger partial charge in [0.1, 0.15) is 5.75 Å². The normalized spacial score (nSPS) is 16.9. The number of nitrogens with two attached hydrogens (primary N) is 1. The summed E-state index contributed by atoms with van der Waals surface area (Å²) in [6.07, 6.45) is 3.40. The molecule has 0 spiro atoms. The second-order valence-electron chi connectivity index (χ2n) is 5.20. The lowest BCUT2D eigenvalue weighted by molar-refractivity contribution is -0.134. The minimum Gasteiger partial charge on any atom is -0.483 e. The second-order valence-corrected chi connectivity index (χ2v) is 6.12. The third-order valence-electron chi connectivity index (χ3n) is 3.53. The molecule has 0 bridgehead atoms. The highest BCUT2D eigenvalue weighted by Crippen LogP contribution is 2.27. The highest BCUT2D eigenvalue weighted by Gasteiger charge is 2.18. The first-order valence-corrected chi connectivity index (χ1v) is 7.83. The van der Waals surface area contributed by atoms with Gasteiger partial charge in [0.05, 0.1) is 0 Å². The molecule has 4 nitrogen and oxygen atoms in total. The van der Waals surface area contributed by atoms with Crippen LogP contribution >= 0.6 is 15.9 Å². The maximum Gasteiger partial charge on any atom is 0.260 e. The van der Waals surface area contributed by atoms with E-state index in [-0.39, 0.29) is 18.6 Å². The van der Waals surface area contributed by atoms with Crippen molar-refractivity contribution in [3.05, 3.63) is 28.2 Å². The number of carbonyl (C=O) groups is 1. The Kier molecular flexibility index (Phi) is 5.43. The molecule has 20 heavy (non-hydrogen) atoms. The molecule has 2 rings (SSSR count). The number of ether oxygens (including phenoxy) is 1. The van der Waals surface area contributed by atoms with Crippen LogP contribution in [0.15, 0.2) is 22.7 Å². The zero-order valence-electron chi connectivity index (χ0n) is 11.8. The van der Waals surface area contributed by atoms with Crippen LogP contribution < -0.4 is 10.5 Å². The van der Waals surface area contributed by atoms with Crippen LogP contribution in [0.25, 0.3) is 0 Å². The molecule has 5 heteroatoms. The van der Waals surface area contributed by atoms with Crippen molar-refractivity contribution >= 4 is 21.8 Å². The van der Waals surface area contributed by atoms with E-state index in [0.717, 1.165) is 36.0 Å². The number of hydrogen-bond acceptors (Lipinski definition) is 3. The van der Waals surface area contributed by atoms with Gasteiger partial charge in [0, 0.05) is 29.2 Å². The fourth-order valence-corrected chi connectivity index (χ4v) is 2.72. The Morgan fingerprint density at radius 2 is 2.10 bits per heavy atom. The number of carbonyl (C=O) groups excluding carboxylic acids is 1. The first kappa shape index (κ1) is 15.3. The van der Waals surface area contributed by atoms with Crippen molar-refractivity contribution in [3.63, 3.8) is 0 Å². The first-order chi connectivity index (χ1) is 9.58. The van der Waals surface area contributed by atoms with Crippen LogP contribution in [0.5, 0.6) is 5.75 Å². The predicted molar refractivity (Wildman–Crippen MR) is 82.7 cm³/mol. The number of nitrogens with zero attached hydrogens (tertiary/aromatic N) is 1. The highest BCUT2D eigenvalue weighted by atomic mass is 79.9. The molecule has 1 aliphatic heterocycles. The molecular formula is C15H21BrN2O2. The van der Waals surface area contributed by atoms with Crippen molar-refractivity contribution in [3.8, 4) is 5.75 Å². The van der Waals surface area contributed by atoms with Crippen molar-refractivity contribution in [1.82, 2.24) is 4.90 Å². The van der Waals surface area contributed by atoms with Gasteiger partial charge in [0.25, 0.3) is 5.91 Å². The van der Waals surface area contributed by atoms with Gasteiger partial charge in [0.2, 0.25) is 0 Å². The number of halogens is 1. The van der Waals surface area contributed by atoms with Gasteiger partial charge in [-0.3, -0.25) is 4.79 Å². The number of amides is 1. The fourth-order valence-electron chi connectivity index (χ4n) is 2.38. The van der Waals surface area contributed by atoms with Crippen molar-refractivity contribution in [2.24, 2.45) is 5.73 Å². The second kappa shape index (κ2) is 7.09. The molecule has 1 saturated heterocycles. The predicted octanol–water partition coefficient (Wildman–Crippen LogP) is 2.86. The molecule has 1 aromatic carbocycles. The molecule has 1 fully saturated rings. The Balaban J connectivity index is 1.99. The van der Waals surface area contributed by atoms with E-state index < -0.39 is 0 Å². The van der Waals surface area contributed by atoms with Crippen LogP contribution in [-0.2, 0) is 4.79 Å². The number of benzene rings is 1. The maximum absolute atomic E-state index is 12.1.